The van der Waals surface area contributed by atoms with Crippen molar-refractivity contribution >= 4 is 75.1 Å². The number of alkyl halides is 5. The van der Waals surface area contributed by atoms with E-state index < -0.39 is 28.3 Å². The number of rotatable bonds is 13. The summed E-state index contributed by atoms with van der Waals surface area (Å²) in [5, 5.41) is 11.2. The number of aromatic nitrogens is 1. The Hall–Kier alpha value is 0.330. The Morgan fingerprint density at radius 3 is 2.61 bits per heavy atom. The Morgan fingerprint density at radius 2 is 1.97 bits per heavy atom. The van der Waals surface area contributed by atoms with Crippen LogP contribution in [-0.4, -0.2) is 74.0 Å². The summed E-state index contributed by atoms with van der Waals surface area (Å²) in [6.07, 6.45) is 3.45. The first-order valence-corrected chi connectivity index (χ1v) is 15.0. The number of aliphatic hydroxyl groups is 1. The van der Waals surface area contributed by atoms with Crippen molar-refractivity contribution in [3.63, 3.8) is 0 Å². The second-order valence-electron chi connectivity index (χ2n) is 9.23. The Morgan fingerprint density at radius 1 is 1.25 bits per heavy atom. The van der Waals surface area contributed by atoms with Gasteiger partial charge in [-0.25, -0.2) is 4.98 Å². The summed E-state index contributed by atoms with van der Waals surface area (Å²) in [4.78, 5) is 15.8. The number of allylic oxidation sites excluding steroid dienone is 1. The SMILES string of the molecule is CCC(Cl)CC(Cl)/C=C\[C@H]1O[C@@H]1C(Cl)C(Cl)C(Cl)CC1OCO[C@@H](C(O)c2nc(C(C)=O)cs2)C1C. The molecule has 0 saturated carbocycles. The summed E-state index contributed by atoms with van der Waals surface area (Å²) in [7, 11) is 0. The van der Waals surface area contributed by atoms with E-state index in [-0.39, 0.29) is 47.6 Å². The second-order valence-corrected chi connectivity index (χ2v) is 12.9. The third kappa shape index (κ3) is 8.17. The van der Waals surface area contributed by atoms with Gasteiger partial charge in [0.1, 0.15) is 35.8 Å². The molecule has 0 spiro atoms. The molecule has 2 aliphatic rings. The minimum atomic E-state index is -0.990. The number of halogens is 5. The molecule has 11 atom stereocenters. The topological polar surface area (TPSA) is 81.2 Å². The number of hydrogen-bond donors (Lipinski definition) is 1. The molecule has 204 valence electrons. The summed E-state index contributed by atoms with van der Waals surface area (Å²) >= 11 is 33.6. The van der Waals surface area contributed by atoms with E-state index >= 15 is 0 Å². The molecule has 0 amide bonds. The monoisotopic (exact) mass is 621 g/mol. The molecule has 0 aromatic carbocycles. The van der Waals surface area contributed by atoms with Crippen LogP contribution in [-0.2, 0) is 14.2 Å². The zero-order valence-electron chi connectivity index (χ0n) is 20.2. The van der Waals surface area contributed by atoms with Crippen LogP contribution in [0.4, 0.5) is 0 Å². The van der Waals surface area contributed by atoms with Crippen LogP contribution in [0.3, 0.4) is 0 Å². The van der Waals surface area contributed by atoms with Crippen molar-refractivity contribution in [2.24, 2.45) is 5.92 Å². The molecule has 3 rings (SSSR count). The van der Waals surface area contributed by atoms with Crippen molar-refractivity contribution in [1.82, 2.24) is 4.98 Å². The Bertz CT molecular complexity index is 891. The van der Waals surface area contributed by atoms with E-state index in [4.69, 9.17) is 72.2 Å². The number of carbonyl (C=O) groups excluding carboxylic acids is 1. The quantitative estimate of drug-likeness (QED) is 0.120. The second kappa shape index (κ2) is 14.1. The van der Waals surface area contributed by atoms with Gasteiger partial charge >= 0.3 is 0 Å². The highest BCUT2D eigenvalue weighted by Crippen LogP contribution is 2.39. The summed E-state index contributed by atoms with van der Waals surface area (Å²) in [5.74, 6) is -0.364. The predicted octanol–water partition coefficient (Wildman–Crippen LogP) is 6.31. The number of carbonyl (C=O) groups is 1. The lowest BCUT2D eigenvalue weighted by Gasteiger charge is -2.39. The van der Waals surface area contributed by atoms with E-state index in [9.17, 15) is 9.90 Å². The lowest BCUT2D eigenvalue weighted by atomic mass is 9.89. The highest BCUT2D eigenvalue weighted by molar-refractivity contribution is 7.09. The molecule has 36 heavy (non-hydrogen) atoms. The summed E-state index contributed by atoms with van der Waals surface area (Å²) in [5.41, 5.74) is 0.325. The fourth-order valence-corrected chi connectivity index (χ4v) is 6.60. The number of aliphatic hydroxyl groups excluding tert-OH is 1. The standard InChI is InChI=1S/C24H32Cl5NO5S/c1-4-13(25)7-14(26)5-6-17-23(35-17)20(29)19(28)15(27)8-18-11(2)22(34-10-33-18)21(32)24-30-16(9-36-24)12(3)31/h5-6,9,11,13-15,17-23,32H,4,7-8,10H2,1-3H3/b6-5-/t11?,13?,14?,15?,17-,18?,19?,20?,21?,22-,23+/m1/s1. The van der Waals surface area contributed by atoms with Crippen LogP contribution in [0, 0.1) is 5.92 Å². The van der Waals surface area contributed by atoms with Crippen LogP contribution in [0.25, 0.3) is 0 Å². The molecule has 8 unspecified atom stereocenters. The average molecular weight is 624 g/mol. The third-order valence-corrected chi connectivity index (χ3v) is 10.0. The maximum atomic E-state index is 11.6. The fourth-order valence-electron chi connectivity index (χ4n) is 4.11. The predicted molar refractivity (Wildman–Crippen MR) is 146 cm³/mol. The first kappa shape index (κ1) is 30.9. The van der Waals surface area contributed by atoms with Crippen molar-refractivity contribution in [1.29, 1.82) is 0 Å². The van der Waals surface area contributed by atoms with E-state index in [1.54, 1.807) is 5.38 Å². The van der Waals surface area contributed by atoms with E-state index in [0.717, 1.165) is 6.42 Å². The van der Waals surface area contributed by atoms with Gasteiger partial charge in [-0.15, -0.1) is 69.3 Å². The Balaban J connectivity index is 1.51. The first-order chi connectivity index (χ1) is 17.0. The van der Waals surface area contributed by atoms with Gasteiger partial charge in [-0.3, -0.25) is 4.79 Å². The van der Waals surface area contributed by atoms with Crippen LogP contribution in [0.15, 0.2) is 17.5 Å². The third-order valence-electron chi connectivity index (χ3n) is 6.51. The van der Waals surface area contributed by atoms with Gasteiger partial charge in [0, 0.05) is 23.6 Å². The molecule has 6 nitrogen and oxygen atoms in total. The van der Waals surface area contributed by atoms with Gasteiger partial charge in [-0.05, 0) is 19.3 Å². The minimum absolute atomic E-state index is 0.00191. The van der Waals surface area contributed by atoms with Gasteiger partial charge in [0.2, 0.25) is 0 Å². The van der Waals surface area contributed by atoms with Gasteiger partial charge in [0.25, 0.3) is 0 Å². The number of nitrogens with zero attached hydrogens (tertiary/aromatic N) is 1. The van der Waals surface area contributed by atoms with Gasteiger partial charge in [-0.2, -0.15) is 0 Å². The zero-order valence-corrected chi connectivity index (χ0v) is 24.8. The number of thiazole rings is 1. The number of epoxide rings is 1. The molecule has 2 aliphatic heterocycles. The number of Topliss-reactive ketones (excluding diaryl/α,β-unsaturated/α-hetero) is 1. The molecule has 0 aliphatic carbocycles. The highest BCUT2D eigenvalue weighted by atomic mass is 35.5. The number of hydrogen-bond acceptors (Lipinski definition) is 7. The molecule has 0 bridgehead atoms. The van der Waals surface area contributed by atoms with E-state index in [1.807, 2.05) is 26.0 Å². The van der Waals surface area contributed by atoms with Gasteiger partial charge in [0.05, 0.1) is 33.7 Å². The van der Waals surface area contributed by atoms with Crippen molar-refractivity contribution < 1.29 is 24.1 Å². The average Bonchev–Trinajstić information content (AvgIpc) is 3.45. The molecule has 1 aromatic heterocycles. The molecular formula is C24H32Cl5NO5S. The van der Waals surface area contributed by atoms with Crippen molar-refractivity contribution in [2.75, 3.05) is 6.79 Å². The van der Waals surface area contributed by atoms with Crippen molar-refractivity contribution in [2.45, 2.75) is 97.4 Å². The largest absolute Gasteiger partial charge is 0.383 e. The Kier molecular flexibility index (Phi) is 12.1. The normalized spacial score (nSPS) is 31.5. The van der Waals surface area contributed by atoms with E-state index in [1.165, 1.54) is 18.3 Å². The maximum Gasteiger partial charge on any atom is 0.178 e. The van der Waals surface area contributed by atoms with Gasteiger partial charge in [0.15, 0.2) is 5.78 Å². The lowest BCUT2D eigenvalue weighted by molar-refractivity contribution is -0.230. The van der Waals surface area contributed by atoms with E-state index in [0.29, 0.717) is 23.5 Å². The van der Waals surface area contributed by atoms with Gasteiger partial charge < -0.3 is 19.3 Å². The lowest BCUT2D eigenvalue weighted by Crippen LogP contribution is -2.45. The van der Waals surface area contributed by atoms with Crippen LogP contribution in [0.1, 0.15) is 61.6 Å². The van der Waals surface area contributed by atoms with E-state index in [2.05, 4.69) is 4.98 Å². The molecule has 1 aromatic rings. The number of ether oxygens (including phenoxy) is 3. The summed E-state index contributed by atoms with van der Waals surface area (Å²) in [6, 6.07) is 0. The summed E-state index contributed by atoms with van der Waals surface area (Å²) < 4.78 is 17.2. The highest BCUT2D eigenvalue weighted by Gasteiger charge is 2.48. The summed E-state index contributed by atoms with van der Waals surface area (Å²) in [6.45, 7) is 5.37. The molecule has 2 fully saturated rings. The van der Waals surface area contributed by atoms with Crippen molar-refractivity contribution in [3.05, 3.63) is 28.2 Å². The van der Waals surface area contributed by atoms with Crippen LogP contribution < -0.4 is 0 Å². The van der Waals surface area contributed by atoms with Crippen LogP contribution >= 0.6 is 69.3 Å². The zero-order chi connectivity index (χ0) is 26.6. The molecule has 2 saturated heterocycles. The fraction of sp³-hybridized carbons (Fsp3) is 0.750. The van der Waals surface area contributed by atoms with Gasteiger partial charge in [-0.1, -0.05) is 26.0 Å². The van der Waals surface area contributed by atoms with Crippen LogP contribution in [0.5, 0.6) is 0 Å². The molecule has 1 N–H and O–H groups in total. The van der Waals surface area contributed by atoms with Crippen LogP contribution in [0.2, 0.25) is 0 Å². The molecule has 3 heterocycles. The molecular weight excluding hydrogens is 592 g/mol. The first-order valence-electron chi connectivity index (χ1n) is 11.9. The minimum Gasteiger partial charge on any atom is -0.383 e. The number of ketones is 1. The molecule has 12 heteroatoms. The molecule has 0 radical (unpaired) electrons. The maximum absolute atomic E-state index is 11.6. The van der Waals surface area contributed by atoms with Crippen molar-refractivity contribution in [3.8, 4) is 0 Å². The smallest absolute Gasteiger partial charge is 0.178 e. The Labute approximate surface area is 241 Å².